The molecule has 0 saturated carbocycles. The van der Waals surface area contributed by atoms with Gasteiger partial charge in [-0.05, 0) is 24.0 Å². The van der Waals surface area contributed by atoms with Crippen LogP contribution in [0.4, 0.5) is 0 Å². The fourth-order valence-corrected chi connectivity index (χ4v) is 6.42. The van der Waals surface area contributed by atoms with Gasteiger partial charge < -0.3 is 0 Å². The van der Waals surface area contributed by atoms with Gasteiger partial charge in [-0.15, -0.1) is 11.8 Å². The minimum absolute atomic E-state index is 0.0993. The van der Waals surface area contributed by atoms with Gasteiger partial charge in [0.15, 0.2) is 9.91 Å². The van der Waals surface area contributed by atoms with Crippen molar-refractivity contribution < 1.29 is 13.0 Å². The zero-order chi connectivity index (χ0) is 20.6. The fraction of sp³-hybridized carbons (Fsp3) is 0.286. The summed E-state index contributed by atoms with van der Waals surface area (Å²) in [6.45, 7) is 4.12. The van der Waals surface area contributed by atoms with Gasteiger partial charge in [0, 0.05) is 22.3 Å². The largest absolute Gasteiger partial charge is 0.308 e. The molecule has 2 aromatic rings. The molecule has 2 heterocycles. The average molecular weight is 428 g/mol. The van der Waals surface area contributed by atoms with Gasteiger partial charge in [-0.2, -0.15) is 18.6 Å². The lowest BCUT2D eigenvalue weighted by Gasteiger charge is -2.33. The van der Waals surface area contributed by atoms with E-state index in [9.17, 15) is 13.0 Å². The van der Waals surface area contributed by atoms with Crippen LogP contribution in [0.25, 0.3) is 0 Å². The first kappa shape index (κ1) is 20.0. The van der Waals surface area contributed by atoms with Gasteiger partial charge in [-0.3, -0.25) is 4.55 Å². The summed E-state index contributed by atoms with van der Waals surface area (Å²) >= 11 is 1.41. The minimum Gasteiger partial charge on any atom is -0.281 e. The molecule has 0 aromatic heterocycles. The molecule has 0 amide bonds. The van der Waals surface area contributed by atoms with Crippen molar-refractivity contribution in [2.45, 2.75) is 31.6 Å². The minimum atomic E-state index is -4.39. The second kappa shape index (κ2) is 7.51. The second-order valence-corrected chi connectivity index (χ2v) is 9.46. The number of nitrogens with zero attached hydrogens (tertiary/aromatic N) is 3. The van der Waals surface area contributed by atoms with Crippen LogP contribution in [0.3, 0.4) is 0 Å². The molecule has 0 atom stereocenters. The Morgan fingerprint density at radius 1 is 0.966 bits per heavy atom. The Balaban J connectivity index is 2.19. The molecule has 29 heavy (non-hydrogen) atoms. The van der Waals surface area contributed by atoms with Crippen molar-refractivity contribution >= 4 is 39.4 Å². The number of rotatable bonds is 2. The summed E-state index contributed by atoms with van der Waals surface area (Å²) in [5, 5.41) is 8.20. The number of hydrogen-bond acceptors (Lipinski definition) is 6. The van der Waals surface area contributed by atoms with Crippen LogP contribution in [0.2, 0.25) is 0 Å². The monoisotopic (exact) mass is 427 g/mol. The van der Waals surface area contributed by atoms with Gasteiger partial charge in [0.2, 0.25) is 0 Å². The van der Waals surface area contributed by atoms with E-state index in [1.54, 1.807) is 12.4 Å². The number of thioether (sulfide) groups is 1. The van der Waals surface area contributed by atoms with Crippen molar-refractivity contribution in [3.05, 3.63) is 69.8 Å². The van der Waals surface area contributed by atoms with E-state index in [0.717, 1.165) is 46.2 Å². The molecule has 0 saturated heterocycles. The fourth-order valence-electron chi connectivity index (χ4n) is 3.98. The van der Waals surface area contributed by atoms with Gasteiger partial charge in [0.05, 0.1) is 18.2 Å². The molecule has 1 spiro atoms. The molecule has 1 N–H and O–H groups in total. The SMILES string of the molecule is CCc1cccc2c1C1(N=C(S(=O)(=O)O)CS1)c1c(cccc1CC)/C=N\N=C/2. The quantitative estimate of drug-likeness (QED) is 0.738. The summed E-state index contributed by atoms with van der Waals surface area (Å²) in [5.41, 5.74) is 5.60. The van der Waals surface area contributed by atoms with E-state index < -0.39 is 15.0 Å². The van der Waals surface area contributed by atoms with E-state index in [4.69, 9.17) is 4.99 Å². The molecule has 0 bridgehead atoms. The zero-order valence-corrected chi connectivity index (χ0v) is 17.8. The molecule has 0 unspecified atom stereocenters. The normalized spacial score (nSPS) is 19.5. The Morgan fingerprint density at radius 2 is 1.48 bits per heavy atom. The van der Waals surface area contributed by atoms with Gasteiger partial charge in [0.1, 0.15) is 0 Å². The third kappa shape index (κ3) is 3.35. The molecule has 2 aliphatic rings. The summed E-state index contributed by atoms with van der Waals surface area (Å²) < 4.78 is 33.7. The number of hydrogen-bond donors (Lipinski definition) is 1. The van der Waals surface area contributed by atoms with Crippen molar-refractivity contribution in [3.8, 4) is 0 Å². The highest BCUT2D eigenvalue weighted by atomic mass is 32.2. The van der Waals surface area contributed by atoms with Crippen LogP contribution in [0.1, 0.15) is 47.2 Å². The third-order valence-electron chi connectivity index (χ3n) is 5.25. The molecule has 4 rings (SSSR count). The lowest BCUT2D eigenvalue weighted by Crippen LogP contribution is -2.26. The smallest absolute Gasteiger partial charge is 0.281 e. The Hall–Kier alpha value is -2.29. The molecule has 2 aromatic carbocycles. The highest BCUT2D eigenvalue weighted by Gasteiger charge is 2.46. The number of aliphatic imine (C=N–C) groups is 1. The number of aryl methyl sites for hydroxylation is 2. The summed E-state index contributed by atoms with van der Waals surface area (Å²) in [7, 11) is -4.39. The van der Waals surface area contributed by atoms with Crippen LogP contribution in [-0.4, -0.2) is 36.2 Å². The molecular weight excluding hydrogens is 406 g/mol. The van der Waals surface area contributed by atoms with E-state index in [-0.39, 0.29) is 10.8 Å². The predicted molar refractivity (Wildman–Crippen MR) is 119 cm³/mol. The summed E-state index contributed by atoms with van der Waals surface area (Å²) in [6.07, 6.45) is 4.87. The molecular formula is C21H21N3O3S2. The first-order valence-electron chi connectivity index (χ1n) is 9.42. The standard InChI is InChI=1S/C21H21N3O3S2/c1-3-14-7-5-9-16-11-22-23-12-17-10-6-8-15(4-2)20(17)21(19(14)16)24-18(13-28-21)29(25,26)27/h5-12H,3-4,13H2,1-2H3,(H,25,26,27)/b22-11-,23-12-. The molecule has 0 aliphatic carbocycles. The first-order chi connectivity index (χ1) is 13.9. The Bertz CT molecular complexity index is 1100. The van der Waals surface area contributed by atoms with Crippen LogP contribution in [0.5, 0.6) is 0 Å². The van der Waals surface area contributed by atoms with Crippen molar-refractivity contribution in [1.82, 2.24) is 0 Å². The van der Waals surface area contributed by atoms with Crippen molar-refractivity contribution in [3.63, 3.8) is 0 Å². The Morgan fingerprint density at radius 3 is 1.90 bits per heavy atom. The van der Waals surface area contributed by atoms with Crippen molar-refractivity contribution in [2.75, 3.05) is 5.75 Å². The van der Waals surface area contributed by atoms with E-state index in [1.165, 1.54) is 11.8 Å². The van der Waals surface area contributed by atoms with Crippen molar-refractivity contribution in [2.24, 2.45) is 15.2 Å². The zero-order valence-electron chi connectivity index (χ0n) is 16.2. The maximum atomic E-state index is 12.0. The summed E-state index contributed by atoms with van der Waals surface area (Å²) in [5.74, 6) is 0.0993. The molecule has 0 fully saturated rings. The summed E-state index contributed by atoms with van der Waals surface area (Å²) in [6, 6.07) is 11.9. The van der Waals surface area contributed by atoms with E-state index in [0.29, 0.717) is 0 Å². The molecule has 6 nitrogen and oxygen atoms in total. The van der Waals surface area contributed by atoms with Gasteiger partial charge in [-0.25, -0.2) is 4.99 Å². The third-order valence-corrected chi connectivity index (χ3v) is 7.60. The van der Waals surface area contributed by atoms with Gasteiger partial charge >= 0.3 is 10.1 Å². The lowest BCUT2D eigenvalue weighted by atomic mass is 9.84. The molecule has 150 valence electrons. The maximum absolute atomic E-state index is 12.0. The Labute approximate surface area is 174 Å². The highest BCUT2D eigenvalue weighted by molar-refractivity contribution is 8.08. The Kier molecular flexibility index (Phi) is 5.18. The van der Waals surface area contributed by atoms with E-state index in [1.807, 2.05) is 36.4 Å². The lowest BCUT2D eigenvalue weighted by molar-refractivity contribution is 0.497. The first-order valence-corrected chi connectivity index (χ1v) is 11.8. The highest BCUT2D eigenvalue weighted by Crippen LogP contribution is 2.52. The average Bonchev–Trinajstić information content (AvgIpc) is 3.18. The van der Waals surface area contributed by atoms with E-state index >= 15 is 0 Å². The van der Waals surface area contributed by atoms with Crippen LogP contribution in [0.15, 0.2) is 51.6 Å². The van der Waals surface area contributed by atoms with Crippen molar-refractivity contribution in [1.29, 1.82) is 0 Å². The van der Waals surface area contributed by atoms with Gasteiger partial charge in [-0.1, -0.05) is 50.2 Å². The van der Waals surface area contributed by atoms with Crippen LogP contribution >= 0.6 is 11.8 Å². The number of fused-ring (bicyclic) bond motifs is 4. The maximum Gasteiger partial charge on any atom is 0.308 e. The summed E-state index contributed by atoms with van der Waals surface area (Å²) in [4.78, 5) is 3.71. The van der Waals surface area contributed by atoms with Crippen LogP contribution < -0.4 is 0 Å². The molecule has 0 radical (unpaired) electrons. The van der Waals surface area contributed by atoms with Crippen LogP contribution in [-0.2, 0) is 27.8 Å². The predicted octanol–water partition coefficient (Wildman–Crippen LogP) is 3.81. The van der Waals surface area contributed by atoms with Gasteiger partial charge in [0.25, 0.3) is 0 Å². The van der Waals surface area contributed by atoms with Crippen LogP contribution in [0, 0.1) is 0 Å². The second-order valence-electron chi connectivity index (χ2n) is 6.87. The molecule has 8 heteroatoms. The number of benzene rings is 2. The molecule has 2 aliphatic heterocycles. The topological polar surface area (TPSA) is 91.5 Å². The van der Waals surface area contributed by atoms with E-state index in [2.05, 4.69) is 24.1 Å².